The van der Waals surface area contributed by atoms with Gasteiger partial charge in [-0.2, -0.15) is 5.10 Å². The van der Waals surface area contributed by atoms with Crippen LogP contribution >= 0.6 is 0 Å². The molecule has 1 fully saturated rings. The van der Waals surface area contributed by atoms with E-state index in [9.17, 15) is 14.7 Å². The molecule has 1 atom stereocenters. The minimum atomic E-state index is -0.417. The Labute approximate surface area is 185 Å². The molecule has 3 aromatic rings. The van der Waals surface area contributed by atoms with Gasteiger partial charge in [-0.15, -0.1) is 0 Å². The smallest absolute Gasteiger partial charge is 0.414 e. The number of aryl methyl sites for hydroxylation is 1. The molecule has 1 saturated heterocycles. The summed E-state index contributed by atoms with van der Waals surface area (Å²) in [6.45, 7) is 2.11. The van der Waals surface area contributed by atoms with Crippen LogP contribution in [0.5, 0.6) is 5.75 Å². The van der Waals surface area contributed by atoms with E-state index in [4.69, 9.17) is 4.74 Å². The molecule has 164 valence electrons. The fourth-order valence-electron chi connectivity index (χ4n) is 4.46. The Bertz CT molecular complexity index is 1200. The Hall–Kier alpha value is -3.81. The van der Waals surface area contributed by atoms with Crippen molar-refractivity contribution < 1.29 is 19.4 Å². The number of carbonyl (C=O) groups excluding carboxylic acids is 2. The number of phenolic OH excluding ortho intramolecular Hbond substituents is 1. The summed E-state index contributed by atoms with van der Waals surface area (Å²) >= 11 is 0. The van der Waals surface area contributed by atoms with E-state index in [2.05, 4.69) is 21.6 Å². The number of amides is 2. The molecular weight excluding hydrogens is 408 g/mol. The van der Waals surface area contributed by atoms with Crippen molar-refractivity contribution >= 4 is 17.7 Å². The molecule has 2 aliphatic rings. The fourth-order valence-corrected chi connectivity index (χ4v) is 4.46. The minimum absolute atomic E-state index is 0.154. The van der Waals surface area contributed by atoms with E-state index in [0.717, 1.165) is 53.0 Å². The first kappa shape index (κ1) is 20.1. The van der Waals surface area contributed by atoms with E-state index >= 15 is 0 Å². The van der Waals surface area contributed by atoms with E-state index in [-0.39, 0.29) is 17.8 Å². The third kappa shape index (κ3) is 3.68. The lowest BCUT2D eigenvalue weighted by Gasteiger charge is -2.16. The van der Waals surface area contributed by atoms with Gasteiger partial charge in [0, 0.05) is 29.3 Å². The highest BCUT2D eigenvalue weighted by atomic mass is 16.6. The summed E-state index contributed by atoms with van der Waals surface area (Å²) in [5.74, 6) is 0.0516. The fraction of sp³-hybridized carbons (Fsp3) is 0.292. The van der Waals surface area contributed by atoms with Gasteiger partial charge in [-0.25, -0.2) is 4.79 Å². The summed E-state index contributed by atoms with van der Waals surface area (Å²) in [7, 11) is 0. The Morgan fingerprint density at radius 3 is 2.97 bits per heavy atom. The second-order valence-electron chi connectivity index (χ2n) is 8.22. The predicted molar refractivity (Wildman–Crippen MR) is 119 cm³/mol. The number of aromatic amines is 1. The van der Waals surface area contributed by atoms with Crippen LogP contribution in [0, 0.1) is 0 Å². The number of nitrogens with one attached hydrogen (secondary N) is 2. The van der Waals surface area contributed by atoms with Crippen molar-refractivity contribution in [3.05, 3.63) is 53.6 Å². The maximum absolute atomic E-state index is 12.5. The van der Waals surface area contributed by atoms with Gasteiger partial charge in [0.1, 0.15) is 11.9 Å². The molecule has 0 radical (unpaired) electrons. The van der Waals surface area contributed by atoms with Crippen molar-refractivity contribution in [1.29, 1.82) is 0 Å². The normalized spacial score (nSPS) is 17.3. The maximum atomic E-state index is 12.5. The van der Waals surface area contributed by atoms with Crippen LogP contribution in [-0.2, 0) is 22.4 Å². The number of aromatic nitrogens is 2. The molecule has 8 heteroatoms. The first-order chi connectivity index (χ1) is 15.5. The number of nitrogens with zero attached hydrogens (tertiary/aromatic N) is 2. The summed E-state index contributed by atoms with van der Waals surface area (Å²) in [4.78, 5) is 25.3. The summed E-state index contributed by atoms with van der Waals surface area (Å²) in [5.41, 5.74) is 6.73. The van der Waals surface area contributed by atoms with Crippen LogP contribution in [0.1, 0.15) is 24.5 Å². The monoisotopic (exact) mass is 432 g/mol. The highest BCUT2D eigenvalue weighted by Crippen LogP contribution is 2.39. The molecule has 1 aliphatic carbocycles. The van der Waals surface area contributed by atoms with Crippen LogP contribution in [0.2, 0.25) is 0 Å². The number of aromatic hydroxyl groups is 1. The topological polar surface area (TPSA) is 108 Å². The Kier molecular flexibility index (Phi) is 5.05. The van der Waals surface area contributed by atoms with Gasteiger partial charge in [-0.05, 0) is 49.1 Å². The number of anilines is 1. The van der Waals surface area contributed by atoms with Gasteiger partial charge in [0.25, 0.3) is 0 Å². The standard InChI is InChI=1S/C24H24N4O4/c1-14(29)25-12-19-13-28(24(31)32-19)17-9-8-15-4-3-7-20-22(16-5-2-6-18(30)10-16)26-27-23(20)21(15)11-17/h2,5-6,8-11,19,30H,3-4,7,12-13H2,1H3,(H,25,29)(H,26,27)/t19-/m0/s1. The highest BCUT2D eigenvalue weighted by Gasteiger charge is 2.33. The van der Waals surface area contributed by atoms with Gasteiger partial charge in [0.15, 0.2) is 0 Å². The number of H-pyrrole nitrogens is 1. The summed E-state index contributed by atoms with van der Waals surface area (Å²) in [6, 6.07) is 13.1. The van der Waals surface area contributed by atoms with Gasteiger partial charge in [0.2, 0.25) is 5.91 Å². The zero-order valence-electron chi connectivity index (χ0n) is 17.7. The van der Waals surface area contributed by atoms with Gasteiger partial charge < -0.3 is 15.2 Å². The van der Waals surface area contributed by atoms with Gasteiger partial charge >= 0.3 is 6.09 Å². The molecule has 2 heterocycles. The van der Waals surface area contributed by atoms with Gasteiger partial charge in [-0.3, -0.25) is 14.8 Å². The number of benzene rings is 2. The molecular formula is C24H24N4O4. The van der Waals surface area contributed by atoms with E-state index in [1.807, 2.05) is 24.3 Å². The van der Waals surface area contributed by atoms with Crippen molar-refractivity contribution in [2.45, 2.75) is 32.3 Å². The number of phenols is 1. The first-order valence-electron chi connectivity index (χ1n) is 10.7. The molecule has 8 nitrogen and oxygen atoms in total. The number of fused-ring (bicyclic) bond motifs is 3. The quantitative estimate of drug-likeness (QED) is 0.586. The average molecular weight is 432 g/mol. The molecule has 0 bridgehead atoms. The molecule has 1 aromatic heterocycles. The molecule has 3 N–H and O–H groups in total. The Balaban J connectivity index is 1.48. The number of ether oxygens (including phenoxy) is 1. The van der Waals surface area contributed by atoms with Crippen molar-refractivity contribution in [3.8, 4) is 28.3 Å². The minimum Gasteiger partial charge on any atom is -0.508 e. The second kappa shape index (κ2) is 8.03. The van der Waals surface area contributed by atoms with Crippen LogP contribution in [0.15, 0.2) is 42.5 Å². The number of carbonyl (C=O) groups is 2. The van der Waals surface area contributed by atoms with Gasteiger partial charge in [-0.1, -0.05) is 18.2 Å². The molecule has 32 heavy (non-hydrogen) atoms. The van der Waals surface area contributed by atoms with Crippen molar-refractivity contribution in [3.63, 3.8) is 0 Å². The van der Waals surface area contributed by atoms with Crippen LogP contribution in [0.25, 0.3) is 22.5 Å². The lowest BCUT2D eigenvalue weighted by Crippen LogP contribution is -2.33. The zero-order chi connectivity index (χ0) is 22.2. The van der Waals surface area contributed by atoms with Crippen LogP contribution in [0.3, 0.4) is 0 Å². The van der Waals surface area contributed by atoms with E-state index in [1.165, 1.54) is 12.5 Å². The molecule has 1 aliphatic heterocycles. The van der Waals surface area contributed by atoms with Gasteiger partial charge in [0.05, 0.1) is 24.5 Å². The lowest BCUT2D eigenvalue weighted by molar-refractivity contribution is -0.119. The lowest BCUT2D eigenvalue weighted by atomic mass is 9.99. The second-order valence-corrected chi connectivity index (χ2v) is 8.22. The summed E-state index contributed by atoms with van der Waals surface area (Å²) < 4.78 is 5.42. The van der Waals surface area contributed by atoms with Crippen LogP contribution < -0.4 is 10.2 Å². The maximum Gasteiger partial charge on any atom is 0.414 e. The third-order valence-corrected chi connectivity index (χ3v) is 5.99. The van der Waals surface area contributed by atoms with Crippen molar-refractivity contribution in [2.24, 2.45) is 0 Å². The number of hydrogen-bond acceptors (Lipinski definition) is 5. The van der Waals surface area contributed by atoms with Crippen molar-refractivity contribution in [2.75, 3.05) is 18.0 Å². The summed E-state index contributed by atoms with van der Waals surface area (Å²) in [5, 5.41) is 20.4. The number of hydrogen-bond donors (Lipinski definition) is 3. The number of cyclic esters (lactones) is 1. The number of rotatable bonds is 4. The van der Waals surface area contributed by atoms with Crippen molar-refractivity contribution in [1.82, 2.24) is 15.5 Å². The molecule has 0 unspecified atom stereocenters. The van der Waals surface area contributed by atoms with E-state index < -0.39 is 6.09 Å². The Morgan fingerprint density at radius 2 is 2.16 bits per heavy atom. The summed E-state index contributed by atoms with van der Waals surface area (Å²) in [6.07, 6.45) is 1.97. The van der Waals surface area contributed by atoms with E-state index in [0.29, 0.717) is 13.1 Å². The largest absolute Gasteiger partial charge is 0.508 e. The van der Waals surface area contributed by atoms with Crippen LogP contribution in [-0.4, -0.2) is 46.5 Å². The molecule has 2 amide bonds. The Morgan fingerprint density at radius 1 is 1.28 bits per heavy atom. The zero-order valence-corrected chi connectivity index (χ0v) is 17.7. The van der Waals surface area contributed by atoms with E-state index in [1.54, 1.807) is 17.0 Å². The van der Waals surface area contributed by atoms with Crippen LogP contribution in [0.4, 0.5) is 10.5 Å². The first-order valence-corrected chi connectivity index (χ1v) is 10.7. The highest BCUT2D eigenvalue weighted by molar-refractivity contribution is 5.91. The average Bonchev–Trinajstić information content (AvgIpc) is 3.31. The molecule has 2 aromatic carbocycles. The predicted octanol–water partition coefficient (Wildman–Crippen LogP) is 3.40. The molecule has 5 rings (SSSR count). The molecule has 0 spiro atoms. The SMILES string of the molecule is CC(=O)NC[C@H]1CN(c2ccc3c(c2)-c2[nH]nc(-c4cccc(O)c4)c2CCC3)C(=O)O1. The third-order valence-electron chi connectivity index (χ3n) is 5.99. The molecule has 0 saturated carbocycles.